The maximum absolute atomic E-state index is 12.4. The monoisotopic (exact) mass is 391 g/mol. The summed E-state index contributed by atoms with van der Waals surface area (Å²) in [4.78, 5) is 25.6. The molecule has 0 bridgehead atoms. The average Bonchev–Trinajstić information content (AvgIpc) is 3.29. The first-order chi connectivity index (χ1) is 14.2. The van der Waals surface area contributed by atoms with Crippen LogP contribution in [0.4, 0.5) is 11.8 Å². The van der Waals surface area contributed by atoms with Crippen LogP contribution in [0.5, 0.6) is 0 Å². The molecule has 0 atom stereocenters. The van der Waals surface area contributed by atoms with Crippen LogP contribution in [0, 0.1) is 6.92 Å². The van der Waals surface area contributed by atoms with Gasteiger partial charge in [0, 0.05) is 44.5 Å². The lowest BCUT2D eigenvalue weighted by Gasteiger charge is -2.35. The fraction of sp³-hybridized carbons (Fsp3) is 0.318. The fourth-order valence-corrected chi connectivity index (χ4v) is 3.45. The summed E-state index contributed by atoms with van der Waals surface area (Å²) in [6.45, 7) is 5.49. The Kier molecular flexibility index (Phi) is 5.74. The van der Waals surface area contributed by atoms with Crippen LogP contribution in [0.1, 0.15) is 21.8 Å². The first-order valence-electron chi connectivity index (χ1n) is 9.90. The minimum Gasteiger partial charge on any atom is -0.459 e. The molecule has 1 aliphatic heterocycles. The van der Waals surface area contributed by atoms with Gasteiger partial charge in [-0.1, -0.05) is 30.3 Å². The van der Waals surface area contributed by atoms with Crippen molar-refractivity contribution in [2.45, 2.75) is 13.3 Å². The fourth-order valence-electron chi connectivity index (χ4n) is 3.45. The van der Waals surface area contributed by atoms with Gasteiger partial charge in [0.2, 0.25) is 5.95 Å². The van der Waals surface area contributed by atoms with E-state index in [1.165, 1.54) is 11.8 Å². The number of rotatable bonds is 6. The summed E-state index contributed by atoms with van der Waals surface area (Å²) in [5.41, 5.74) is 2.21. The van der Waals surface area contributed by atoms with E-state index in [0.717, 1.165) is 37.6 Å². The molecule has 0 radical (unpaired) electrons. The minimum atomic E-state index is -0.0585. The molecule has 1 amide bonds. The van der Waals surface area contributed by atoms with Gasteiger partial charge in [-0.3, -0.25) is 4.79 Å². The number of hydrogen-bond donors (Lipinski definition) is 1. The number of nitrogens with one attached hydrogen (secondary N) is 1. The molecule has 1 N–H and O–H groups in total. The van der Waals surface area contributed by atoms with E-state index < -0.39 is 0 Å². The van der Waals surface area contributed by atoms with Crippen LogP contribution in [0.25, 0.3) is 0 Å². The number of amides is 1. The van der Waals surface area contributed by atoms with Gasteiger partial charge in [0.1, 0.15) is 5.82 Å². The van der Waals surface area contributed by atoms with Crippen molar-refractivity contribution < 1.29 is 9.21 Å². The second-order valence-corrected chi connectivity index (χ2v) is 7.11. The van der Waals surface area contributed by atoms with Gasteiger partial charge in [-0.05, 0) is 31.0 Å². The van der Waals surface area contributed by atoms with Gasteiger partial charge in [-0.2, -0.15) is 4.98 Å². The molecule has 3 heterocycles. The van der Waals surface area contributed by atoms with Crippen molar-refractivity contribution in [3.8, 4) is 0 Å². The van der Waals surface area contributed by atoms with E-state index in [0.29, 0.717) is 24.8 Å². The van der Waals surface area contributed by atoms with Crippen LogP contribution < -0.4 is 10.2 Å². The summed E-state index contributed by atoms with van der Waals surface area (Å²) in [7, 11) is 0. The number of aromatic nitrogens is 2. The Morgan fingerprint density at radius 3 is 2.59 bits per heavy atom. The first-order valence-corrected chi connectivity index (χ1v) is 9.90. The molecule has 1 saturated heterocycles. The van der Waals surface area contributed by atoms with Crippen molar-refractivity contribution in [1.29, 1.82) is 0 Å². The predicted molar refractivity (Wildman–Crippen MR) is 112 cm³/mol. The summed E-state index contributed by atoms with van der Waals surface area (Å²) >= 11 is 0. The quantitative estimate of drug-likeness (QED) is 0.696. The second-order valence-electron chi connectivity index (χ2n) is 7.11. The Morgan fingerprint density at radius 2 is 1.86 bits per heavy atom. The van der Waals surface area contributed by atoms with Crippen LogP contribution in [0.2, 0.25) is 0 Å². The third-order valence-electron chi connectivity index (χ3n) is 5.00. The smallest absolute Gasteiger partial charge is 0.289 e. The molecule has 29 heavy (non-hydrogen) atoms. The number of hydrogen-bond acceptors (Lipinski definition) is 6. The highest BCUT2D eigenvalue weighted by Gasteiger charge is 2.24. The van der Waals surface area contributed by atoms with Gasteiger partial charge in [-0.25, -0.2) is 4.98 Å². The number of carbonyl (C=O) groups excluding carboxylic acids is 1. The molecule has 1 fully saturated rings. The number of carbonyl (C=O) groups is 1. The SMILES string of the molecule is Cc1cc(N2CCN(C(=O)c3ccco3)CC2)nc(NCCc2ccccc2)n1. The largest absolute Gasteiger partial charge is 0.459 e. The lowest BCUT2D eigenvalue weighted by molar-refractivity contribution is 0.0714. The highest BCUT2D eigenvalue weighted by atomic mass is 16.3. The molecular formula is C22H25N5O2. The highest BCUT2D eigenvalue weighted by molar-refractivity contribution is 5.91. The van der Waals surface area contributed by atoms with Gasteiger partial charge >= 0.3 is 0 Å². The summed E-state index contributed by atoms with van der Waals surface area (Å²) in [5, 5.41) is 3.33. The van der Waals surface area contributed by atoms with Crippen molar-refractivity contribution >= 4 is 17.7 Å². The molecule has 1 aliphatic rings. The van der Waals surface area contributed by atoms with Gasteiger partial charge in [0.25, 0.3) is 5.91 Å². The molecule has 7 nitrogen and oxygen atoms in total. The van der Waals surface area contributed by atoms with E-state index in [4.69, 9.17) is 4.42 Å². The van der Waals surface area contributed by atoms with Crippen molar-refractivity contribution in [2.75, 3.05) is 42.9 Å². The van der Waals surface area contributed by atoms with Crippen molar-refractivity contribution in [3.63, 3.8) is 0 Å². The van der Waals surface area contributed by atoms with Crippen LogP contribution in [0.3, 0.4) is 0 Å². The van der Waals surface area contributed by atoms with E-state index in [2.05, 4.69) is 32.3 Å². The Labute approximate surface area is 170 Å². The Morgan fingerprint density at radius 1 is 1.07 bits per heavy atom. The number of furan rings is 1. The third-order valence-corrected chi connectivity index (χ3v) is 5.00. The summed E-state index contributed by atoms with van der Waals surface area (Å²) in [5.74, 6) is 1.87. The first kappa shape index (κ1) is 19.0. The van der Waals surface area contributed by atoms with E-state index in [9.17, 15) is 4.79 Å². The maximum Gasteiger partial charge on any atom is 0.289 e. The van der Waals surface area contributed by atoms with Crippen LogP contribution in [0.15, 0.2) is 59.2 Å². The number of anilines is 2. The van der Waals surface area contributed by atoms with Crippen LogP contribution in [-0.4, -0.2) is 53.5 Å². The van der Waals surface area contributed by atoms with Gasteiger partial charge in [0.15, 0.2) is 5.76 Å². The zero-order chi connectivity index (χ0) is 20.1. The van der Waals surface area contributed by atoms with Crippen molar-refractivity contribution in [1.82, 2.24) is 14.9 Å². The Bertz CT molecular complexity index is 935. The molecular weight excluding hydrogens is 366 g/mol. The van der Waals surface area contributed by atoms with E-state index in [-0.39, 0.29) is 5.91 Å². The topological polar surface area (TPSA) is 74.5 Å². The normalized spacial score (nSPS) is 14.1. The van der Waals surface area contributed by atoms with Crippen molar-refractivity contribution in [3.05, 3.63) is 71.8 Å². The zero-order valence-electron chi connectivity index (χ0n) is 16.5. The summed E-state index contributed by atoms with van der Waals surface area (Å²) < 4.78 is 5.23. The summed E-state index contributed by atoms with van der Waals surface area (Å²) in [6, 6.07) is 15.8. The molecule has 0 unspecified atom stereocenters. The van der Waals surface area contributed by atoms with E-state index in [1.54, 1.807) is 12.1 Å². The zero-order valence-corrected chi connectivity index (χ0v) is 16.5. The van der Waals surface area contributed by atoms with Gasteiger partial charge in [0.05, 0.1) is 6.26 Å². The number of nitrogens with zero attached hydrogens (tertiary/aromatic N) is 4. The lowest BCUT2D eigenvalue weighted by Crippen LogP contribution is -2.49. The molecule has 0 spiro atoms. The number of aryl methyl sites for hydroxylation is 1. The summed E-state index contributed by atoms with van der Waals surface area (Å²) in [6.07, 6.45) is 2.44. The molecule has 1 aromatic carbocycles. The number of benzene rings is 1. The van der Waals surface area contributed by atoms with Gasteiger partial charge in [-0.15, -0.1) is 0 Å². The third kappa shape index (κ3) is 4.74. The highest BCUT2D eigenvalue weighted by Crippen LogP contribution is 2.18. The molecule has 150 valence electrons. The maximum atomic E-state index is 12.4. The number of piperazine rings is 1. The molecule has 7 heteroatoms. The van der Waals surface area contributed by atoms with Crippen LogP contribution >= 0.6 is 0 Å². The molecule has 0 aliphatic carbocycles. The average molecular weight is 391 g/mol. The molecule has 4 rings (SSSR count). The molecule has 2 aromatic heterocycles. The Hall–Kier alpha value is -3.35. The standard InChI is InChI=1S/C22H25N5O2/c1-17-16-20(25-22(24-17)23-10-9-18-6-3-2-4-7-18)26-11-13-27(14-12-26)21(28)19-8-5-15-29-19/h2-8,15-16H,9-14H2,1H3,(H,23,24,25). The Balaban J connectivity index is 1.35. The van der Waals surface area contributed by atoms with Crippen LogP contribution in [-0.2, 0) is 6.42 Å². The predicted octanol–water partition coefficient (Wildman–Crippen LogP) is 3.00. The molecule has 3 aromatic rings. The van der Waals surface area contributed by atoms with E-state index >= 15 is 0 Å². The second kappa shape index (κ2) is 8.77. The molecule has 0 saturated carbocycles. The van der Waals surface area contributed by atoms with Gasteiger partial charge < -0.3 is 19.5 Å². The van der Waals surface area contributed by atoms with E-state index in [1.807, 2.05) is 36.1 Å². The van der Waals surface area contributed by atoms with Crippen molar-refractivity contribution in [2.24, 2.45) is 0 Å². The lowest BCUT2D eigenvalue weighted by atomic mass is 10.1. The minimum absolute atomic E-state index is 0.0585.